The maximum atomic E-state index is 13.0. The number of rotatable bonds is 5. The highest BCUT2D eigenvalue weighted by atomic mass is 16.5. The minimum absolute atomic E-state index is 0.106. The van der Waals surface area contributed by atoms with Crippen LogP contribution < -0.4 is 5.32 Å². The molecule has 0 spiro atoms. The molecule has 4 nitrogen and oxygen atoms in total. The lowest BCUT2D eigenvalue weighted by molar-refractivity contribution is -0.119. The molecule has 0 radical (unpaired) electrons. The fourth-order valence-corrected chi connectivity index (χ4v) is 4.04. The Morgan fingerprint density at radius 2 is 2.12 bits per heavy atom. The first kappa shape index (κ1) is 15.7. The van der Waals surface area contributed by atoms with Crippen LogP contribution in [0.2, 0.25) is 0 Å². The van der Waals surface area contributed by atoms with Crippen LogP contribution in [0.4, 0.5) is 5.69 Å². The standard InChI is InChI=1S/C22H24N2O2/c1-26-18-4-2-3-16(13-18)22(9-10-22)21(25)23-17-7-8-19-15(11-17)12-20(24-19)14-5-6-14/h3,7-8,11-14,24H,2,4-6,9-10H2,1H3,(H,23,25). The molecule has 0 unspecified atom stereocenters. The summed E-state index contributed by atoms with van der Waals surface area (Å²) in [5, 5.41) is 4.33. The number of amides is 1. The quantitative estimate of drug-likeness (QED) is 0.797. The summed E-state index contributed by atoms with van der Waals surface area (Å²) >= 11 is 0. The van der Waals surface area contributed by atoms with Crippen molar-refractivity contribution in [1.82, 2.24) is 4.98 Å². The molecular formula is C22H24N2O2. The van der Waals surface area contributed by atoms with Crippen LogP contribution in [0.5, 0.6) is 0 Å². The van der Waals surface area contributed by atoms with Gasteiger partial charge in [-0.05, 0) is 73.9 Å². The highest BCUT2D eigenvalue weighted by molar-refractivity contribution is 6.01. The van der Waals surface area contributed by atoms with E-state index in [9.17, 15) is 4.79 Å². The SMILES string of the molecule is COC1=CC(C2(C(=O)Nc3ccc4[nH]c(C5CC5)cc4c3)CC2)=CCC1. The van der Waals surface area contributed by atoms with Crippen LogP contribution in [0.1, 0.15) is 50.1 Å². The van der Waals surface area contributed by atoms with E-state index in [4.69, 9.17) is 4.74 Å². The van der Waals surface area contributed by atoms with Gasteiger partial charge in [-0.2, -0.15) is 0 Å². The van der Waals surface area contributed by atoms with Crippen molar-refractivity contribution >= 4 is 22.5 Å². The van der Waals surface area contributed by atoms with Crippen LogP contribution in [-0.2, 0) is 9.53 Å². The number of aromatic nitrogens is 1. The lowest BCUT2D eigenvalue weighted by Gasteiger charge is -2.21. The second-order valence-electron chi connectivity index (χ2n) is 7.85. The third kappa shape index (κ3) is 2.64. The Kier molecular flexibility index (Phi) is 3.49. The van der Waals surface area contributed by atoms with Gasteiger partial charge in [-0.15, -0.1) is 0 Å². The number of hydrogen-bond donors (Lipinski definition) is 2. The number of aromatic amines is 1. The molecule has 0 atom stereocenters. The Balaban J connectivity index is 1.37. The monoisotopic (exact) mass is 348 g/mol. The maximum absolute atomic E-state index is 13.0. The minimum atomic E-state index is -0.365. The number of H-pyrrole nitrogens is 1. The van der Waals surface area contributed by atoms with Crippen molar-refractivity contribution in [2.45, 2.75) is 44.4 Å². The number of methoxy groups -OCH3 is 1. The zero-order chi connectivity index (χ0) is 17.7. The molecule has 2 saturated carbocycles. The number of nitrogens with one attached hydrogen (secondary N) is 2. The number of anilines is 1. The Morgan fingerprint density at radius 1 is 1.27 bits per heavy atom. The predicted molar refractivity (Wildman–Crippen MR) is 103 cm³/mol. The van der Waals surface area contributed by atoms with E-state index in [1.807, 2.05) is 6.07 Å². The van der Waals surface area contributed by atoms with Crippen molar-refractivity contribution in [2.75, 3.05) is 12.4 Å². The minimum Gasteiger partial charge on any atom is -0.501 e. The van der Waals surface area contributed by atoms with Crippen LogP contribution in [0.3, 0.4) is 0 Å². The summed E-state index contributed by atoms with van der Waals surface area (Å²) in [6, 6.07) is 8.37. The van der Waals surface area contributed by atoms with Gasteiger partial charge in [0.1, 0.15) is 0 Å². The summed E-state index contributed by atoms with van der Waals surface area (Å²) in [7, 11) is 1.70. The van der Waals surface area contributed by atoms with Crippen molar-refractivity contribution in [3.63, 3.8) is 0 Å². The van der Waals surface area contributed by atoms with Gasteiger partial charge in [-0.1, -0.05) is 6.08 Å². The molecule has 26 heavy (non-hydrogen) atoms. The highest BCUT2D eigenvalue weighted by Crippen LogP contribution is 2.54. The second kappa shape index (κ2) is 5.76. The average Bonchev–Trinajstić information content (AvgIpc) is 3.58. The highest BCUT2D eigenvalue weighted by Gasteiger charge is 2.52. The Morgan fingerprint density at radius 3 is 2.85 bits per heavy atom. The number of fused-ring (bicyclic) bond motifs is 1. The smallest absolute Gasteiger partial charge is 0.235 e. The van der Waals surface area contributed by atoms with E-state index in [2.05, 4.69) is 40.7 Å². The van der Waals surface area contributed by atoms with Gasteiger partial charge in [0.15, 0.2) is 0 Å². The molecule has 1 heterocycles. The third-order valence-electron chi connectivity index (χ3n) is 5.99. The van der Waals surface area contributed by atoms with E-state index >= 15 is 0 Å². The topological polar surface area (TPSA) is 54.1 Å². The molecule has 134 valence electrons. The Hall–Kier alpha value is -2.49. The molecule has 2 aromatic rings. The number of hydrogen-bond acceptors (Lipinski definition) is 2. The molecule has 2 fully saturated rings. The first-order valence-electron chi connectivity index (χ1n) is 9.57. The number of allylic oxidation sites excluding steroid dienone is 3. The normalized spacial score (nSPS) is 21.1. The fraction of sp³-hybridized carbons (Fsp3) is 0.409. The molecular weight excluding hydrogens is 324 g/mol. The zero-order valence-corrected chi connectivity index (χ0v) is 15.1. The van der Waals surface area contributed by atoms with E-state index in [0.717, 1.165) is 48.2 Å². The summed E-state index contributed by atoms with van der Waals surface area (Å²) in [5.74, 6) is 1.78. The van der Waals surface area contributed by atoms with Crippen molar-refractivity contribution < 1.29 is 9.53 Å². The first-order valence-corrected chi connectivity index (χ1v) is 9.57. The van der Waals surface area contributed by atoms with Crippen molar-refractivity contribution in [2.24, 2.45) is 5.41 Å². The molecule has 5 rings (SSSR count). The van der Waals surface area contributed by atoms with Crippen LogP contribution in [-0.4, -0.2) is 18.0 Å². The summed E-state index contributed by atoms with van der Waals surface area (Å²) in [4.78, 5) is 16.5. The van der Waals surface area contributed by atoms with E-state index in [1.165, 1.54) is 23.9 Å². The summed E-state index contributed by atoms with van der Waals surface area (Å²) in [6.45, 7) is 0. The van der Waals surface area contributed by atoms with Gasteiger partial charge in [0.2, 0.25) is 5.91 Å². The second-order valence-corrected chi connectivity index (χ2v) is 7.85. The first-order chi connectivity index (χ1) is 12.7. The van der Waals surface area contributed by atoms with E-state index in [0.29, 0.717) is 5.92 Å². The number of carbonyl (C=O) groups is 1. The molecule has 1 aromatic carbocycles. The number of benzene rings is 1. The van der Waals surface area contributed by atoms with Gasteiger partial charge < -0.3 is 15.0 Å². The molecule has 0 saturated heterocycles. The molecule has 2 N–H and O–H groups in total. The molecule has 3 aliphatic carbocycles. The molecule has 3 aliphatic rings. The third-order valence-corrected chi connectivity index (χ3v) is 5.99. The van der Waals surface area contributed by atoms with Gasteiger partial charge in [0, 0.05) is 28.7 Å². The van der Waals surface area contributed by atoms with Gasteiger partial charge in [0.25, 0.3) is 0 Å². The van der Waals surface area contributed by atoms with E-state index in [1.54, 1.807) is 7.11 Å². The van der Waals surface area contributed by atoms with Gasteiger partial charge >= 0.3 is 0 Å². The van der Waals surface area contributed by atoms with E-state index < -0.39 is 0 Å². The molecule has 0 aliphatic heterocycles. The molecule has 4 heteroatoms. The van der Waals surface area contributed by atoms with Gasteiger partial charge in [-0.25, -0.2) is 0 Å². The van der Waals surface area contributed by atoms with Crippen LogP contribution in [0, 0.1) is 5.41 Å². The van der Waals surface area contributed by atoms with Crippen LogP contribution >= 0.6 is 0 Å². The zero-order valence-electron chi connectivity index (χ0n) is 15.1. The van der Waals surface area contributed by atoms with Gasteiger partial charge in [-0.3, -0.25) is 4.79 Å². The van der Waals surface area contributed by atoms with Crippen molar-refractivity contribution in [3.8, 4) is 0 Å². The van der Waals surface area contributed by atoms with Crippen molar-refractivity contribution in [3.05, 3.63) is 53.4 Å². The molecule has 1 aromatic heterocycles. The number of carbonyl (C=O) groups excluding carboxylic acids is 1. The van der Waals surface area contributed by atoms with Crippen LogP contribution in [0.15, 0.2) is 47.7 Å². The van der Waals surface area contributed by atoms with Gasteiger partial charge in [0.05, 0.1) is 18.3 Å². The Labute approximate surface area is 153 Å². The Bertz CT molecular complexity index is 942. The maximum Gasteiger partial charge on any atom is 0.235 e. The van der Waals surface area contributed by atoms with Crippen molar-refractivity contribution in [1.29, 1.82) is 0 Å². The largest absolute Gasteiger partial charge is 0.501 e. The average molecular weight is 348 g/mol. The summed E-state index contributed by atoms with van der Waals surface area (Å²) in [5.41, 5.74) is 4.11. The lowest BCUT2D eigenvalue weighted by Crippen LogP contribution is -2.26. The predicted octanol–water partition coefficient (Wildman–Crippen LogP) is 5.01. The van der Waals surface area contributed by atoms with E-state index in [-0.39, 0.29) is 11.3 Å². The number of ether oxygens (including phenoxy) is 1. The fourth-order valence-electron chi connectivity index (χ4n) is 4.04. The summed E-state index contributed by atoms with van der Waals surface area (Å²) in [6.07, 6.45) is 10.5. The molecule has 0 bridgehead atoms. The van der Waals surface area contributed by atoms with Crippen LogP contribution in [0.25, 0.3) is 10.9 Å². The summed E-state index contributed by atoms with van der Waals surface area (Å²) < 4.78 is 5.40. The lowest BCUT2D eigenvalue weighted by atomic mass is 9.89. The molecule has 1 amide bonds.